The zero-order chi connectivity index (χ0) is 18.1. The molecule has 1 aliphatic heterocycles. The molecule has 3 aromatic rings. The number of benzene rings is 1. The quantitative estimate of drug-likeness (QED) is 0.715. The van der Waals surface area contributed by atoms with Crippen LogP contribution in [0.2, 0.25) is 0 Å². The van der Waals surface area contributed by atoms with Crippen LogP contribution in [0.3, 0.4) is 0 Å². The second kappa shape index (κ2) is 6.99. The van der Waals surface area contributed by atoms with Gasteiger partial charge in [-0.15, -0.1) is 0 Å². The van der Waals surface area contributed by atoms with E-state index in [0.29, 0.717) is 11.3 Å². The number of nitrogens with zero attached hydrogens (tertiary/aromatic N) is 6. The van der Waals surface area contributed by atoms with Crippen LogP contribution in [0.5, 0.6) is 0 Å². The van der Waals surface area contributed by atoms with Crippen LogP contribution < -0.4 is 5.56 Å². The lowest BCUT2D eigenvalue weighted by atomic mass is 9.96. The van der Waals surface area contributed by atoms with Crippen LogP contribution in [0.1, 0.15) is 24.5 Å². The van der Waals surface area contributed by atoms with Gasteiger partial charge in [0.25, 0.3) is 5.56 Å². The van der Waals surface area contributed by atoms with Crippen molar-refractivity contribution in [2.24, 2.45) is 13.0 Å². The Morgan fingerprint density at radius 3 is 2.69 bits per heavy atom. The van der Waals surface area contributed by atoms with Crippen molar-refractivity contribution < 1.29 is 0 Å². The highest BCUT2D eigenvalue weighted by Crippen LogP contribution is 2.20. The van der Waals surface area contributed by atoms with Gasteiger partial charge in [-0.05, 0) is 50.9 Å². The maximum Gasteiger partial charge on any atom is 0.261 e. The summed E-state index contributed by atoms with van der Waals surface area (Å²) < 4.78 is 3.68. The van der Waals surface area contributed by atoms with E-state index in [1.807, 2.05) is 47.5 Å². The molecule has 7 nitrogen and oxygen atoms in total. The number of fused-ring (bicyclic) bond motifs is 1. The lowest BCUT2D eigenvalue weighted by Gasteiger charge is -2.32. The molecule has 136 valence electrons. The third-order valence-electron chi connectivity index (χ3n) is 5.37. The minimum Gasteiger partial charge on any atom is -0.296 e. The first kappa shape index (κ1) is 16.9. The Labute approximate surface area is 152 Å². The summed E-state index contributed by atoms with van der Waals surface area (Å²) in [6.45, 7) is 5.55. The molecule has 1 saturated heterocycles. The van der Waals surface area contributed by atoms with Crippen molar-refractivity contribution in [1.82, 2.24) is 29.2 Å². The summed E-state index contributed by atoms with van der Waals surface area (Å²) in [5, 5.41) is 4.84. The fourth-order valence-electron chi connectivity index (χ4n) is 3.74. The lowest BCUT2D eigenvalue weighted by Crippen LogP contribution is -2.37. The normalized spacial score (nSPS) is 16.4. The van der Waals surface area contributed by atoms with Crippen molar-refractivity contribution in [1.29, 1.82) is 0 Å². The molecule has 1 aromatic carbocycles. The topological polar surface area (TPSA) is 68.8 Å². The Hall–Kier alpha value is -2.54. The van der Waals surface area contributed by atoms with Crippen LogP contribution in [0.4, 0.5) is 0 Å². The zero-order valence-corrected chi connectivity index (χ0v) is 15.3. The van der Waals surface area contributed by atoms with E-state index < -0.39 is 0 Å². The van der Waals surface area contributed by atoms with Gasteiger partial charge in [-0.25, -0.2) is 9.97 Å². The minimum atomic E-state index is 0.0783. The van der Waals surface area contributed by atoms with E-state index in [1.54, 1.807) is 6.33 Å². The van der Waals surface area contributed by atoms with E-state index in [4.69, 9.17) is 0 Å². The number of aromatic nitrogens is 5. The maximum atomic E-state index is 12.8. The van der Waals surface area contributed by atoms with Crippen molar-refractivity contribution in [3.05, 3.63) is 52.6 Å². The summed E-state index contributed by atoms with van der Waals surface area (Å²) in [5.41, 5.74) is 0.861. The second-order valence-corrected chi connectivity index (χ2v) is 7.11. The highest BCUT2D eigenvalue weighted by Gasteiger charge is 2.22. The number of hydrogen-bond acceptors (Lipinski definition) is 5. The summed E-state index contributed by atoms with van der Waals surface area (Å²) in [5.74, 6) is 2.30. The Bertz CT molecular complexity index is 968. The molecular formula is C19H24N6O. The van der Waals surface area contributed by atoms with E-state index in [1.165, 1.54) is 0 Å². The van der Waals surface area contributed by atoms with Crippen LogP contribution in [0.15, 0.2) is 35.4 Å². The van der Waals surface area contributed by atoms with Gasteiger partial charge in [-0.3, -0.25) is 18.9 Å². The molecular weight excluding hydrogens is 328 g/mol. The number of para-hydroxylation sites is 1. The molecule has 7 heteroatoms. The van der Waals surface area contributed by atoms with E-state index >= 15 is 0 Å². The number of likely N-dealkylation sites (tertiary alicyclic amines) is 1. The second-order valence-electron chi connectivity index (χ2n) is 7.11. The van der Waals surface area contributed by atoms with Crippen molar-refractivity contribution in [3.63, 3.8) is 0 Å². The fraction of sp³-hybridized carbons (Fsp3) is 0.474. The van der Waals surface area contributed by atoms with Gasteiger partial charge in [-0.1, -0.05) is 12.1 Å². The van der Waals surface area contributed by atoms with Crippen molar-refractivity contribution in [3.8, 4) is 0 Å². The van der Waals surface area contributed by atoms with E-state index in [2.05, 4.69) is 20.0 Å². The molecule has 0 unspecified atom stereocenters. The SMILES string of the molecule is Cc1nc2ccccc2c(=O)n1CC1CCN(Cc2ncnn2C)CC1. The van der Waals surface area contributed by atoms with Crippen LogP contribution in [0, 0.1) is 12.8 Å². The third kappa shape index (κ3) is 3.26. The van der Waals surface area contributed by atoms with E-state index in [9.17, 15) is 4.79 Å². The molecule has 0 N–H and O–H groups in total. The molecule has 3 heterocycles. The van der Waals surface area contributed by atoms with Crippen molar-refractivity contribution >= 4 is 10.9 Å². The van der Waals surface area contributed by atoms with Gasteiger partial charge >= 0.3 is 0 Å². The Morgan fingerprint density at radius 2 is 1.96 bits per heavy atom. The van der Waals surface area contributed by atoms with Gasteiger partial charge in [0.05, 0.1) is 17.4 Å². The first-order chi connectivity index (χ1) is 12.6. The molecule has 1 fully saturated rings. The third-order valence-corrected chi connectivity index (χ3v) is 5.37. The standard InChI is InChI=1S/C19H24N6O/c1-14-22-17-6-4-3-5-16(17)19(26)25(14)11-15-7-9-24(10-8-15)12-18-20-13-21-23(18)2/h3-6,13,15H,7-12H2,1-2H3. The Balaban J connectivity index is 1.44. The van der Waals surface area contributed by atoms with Gasteiger partial charge in [0, 0.05) is 13.6 Å². The van der Waals surface area contributed by atoms with E-state index in [-0.39, 0.29) is 5.56 Å². The zero-order valence-electron chi connectivity index (χ0n) is 15.3. The minimum absolute atomic E-state index is 0.0783. The number of aryl methyl sites for hydroxylation is 2. The molecule has 0 bridgehead atoms. The molecule has 0 radical (unpaired) electrons. The molecule has 26 heavy (non-hydrogen) atoms. The predicted molar refractivity (Wildman–Crippen MR) is 99.7 cm³/mol. The average molecular weight is 352 g/mol. The largest absolute Gasteiger partial charge is 0.296 e. The van der Waals surface area contributed by atoms with Gasteiger partial charge in [0.15, 0.2) is 0 Å². The summed E-state index contributed by atoms with van der Waals surface area (Å²) in [7, 11) is 1.93. The highest BCUT2D eigenvalue weighted by atomic mass is 16.1. The highest BCUT2D eigenvalue weighted by molar-refractivity contribution is 5.77. The lowest BCUT2D eigenvalue weighted by molar-refractivity contribution is 0.161. The van der Waals surface area contributed by atoms with Crippen LogP contribution in [0.25, 0.3) is 10.9 Å². The van der Waals surface area contributed by atoms with Crippen molar-refractivity contribution in [2.75, 3.05) is 13.1 Å². The molecule has 4 rings (SSSR count). The summed E-state index contributed by atoms with van der Waals surface area (Å²) >= 11 is 0. The van der Waals surface area contributed by atoms with Crippen molar-refractivity contribution in [2.45, 2.75) is 32.9 Å². The smallest absolute Gasteiger partial charge is 0.261 e. The van der Waals surface area contributed by atoms with Crippen LogP contribution >= 0.6 is 0 Å². The fourth-order valence-corrected chi connectivity index (χ4v) is 3.74. The molecule has 0 saturated carbocycles. The van der Waals surface area contributed by atoms with Gasteiger partial charge in [0.1, 0.15) is 18.0 Å². The number of hydrogen-bond donors (Lipinski definition) is 0. The monoisotopic (exact) mass is 352 g/mol. The maximum absolute atomic E-state index is 12.8. The molecule has 0 spiro atoms. The Morgan fingerprint density at radius 1 is 1.19 bits per heavy atom. The first-order valence-electron chi connectivity index (χ1n) is 9.13. The summed E-state index contributed by atoms with van der Waals surface area (Å²) in [6.07, 6.45) is 3.76. The summed E-state index contributed by atoms with van der Waals surface area (Å²) in [4.78, 5) is 24.2. The predicted octanol–water partition coefficient (Wildman–Crippen LogP) is 1.75. The van der Waals surface area contributed by atoms with E-state index in [0.717, 1.165) is 56.2 Å². The molecule has 0 aliphatic carbocycles. The van der Waals surface area contributed by atoms with Gasteiger partial charge in [-0.2, -0.15) is 5.10 Å². The molecule has 1 aliphatic rings. The Kier molecular flexibility index (Phi) is 4.55. The first-order valence-corrected chi connectivity index (χ1v) is 9.13. The molecule has 0 amide bonds. The number of piperidine rings is 1. The number of rotatable bonds is 4. The van der Waals surface area contributed by atoms with Gasteiger partial charge < -0.3 is 0 Å². The van der Waals surface area contributed by atoms with Crippen LogP contribution in [-0.4, -0.2) is 42.3 Å². The van der Waals surface area contributed by atoms with Gasteiger partial charge in [0.2, 0.25) is 0 Å². The molecule has 0 atom stereocenters. The average Bonchev–Trinajstić information content (AvgIpc) is 3.05. The molecule has 2 aromatic heterocycles. The summed E-state index contributed by atoms with van der Waals surface area (Å²) in [6, 6.07) is 7.59. The van der Waals surface area contributed by atoms with Crippen LogP contribution in [-0.2, 0) is 20.1 Å².